The van der Waals surface area contributed by atoms with Crippen molar-refractivity contribution in [2.24, 2.45) is 79.8 Å². The van der Waals surface area contributed by atoms with Crippen molar-refractivity contribution in [2.45, 2.75) is 259 Å². The minimum absolute atomic E-state index is 0.0117. The Bertz CT molecular complexity index is 5730. The zero-order valence-corrected chi connectivity index (χ0v) is 81.7. The van der Waals surface area contributed by atoms with E-state index in [1.54, 1.807) is 47.9 Å². The van der Waals surface area contributed by atoms with Crippen LogP contribution in [-0.2, 0) is 125 Å². The smallest absolute Gasteiger partial charge is 0.342 e. The lowest BCUT2D eigenvalue weighted by molar-refractivity contribution is -0.215. The number of cyclic esters (lactones) is 6. The molecule has 12 aliphatic carbocycles. The van der Waals surface area contributed by atoms with Crippen molar-refractivity contribution in [3.8, 4) is 0 Å². The van der Waals surface area contributed by atoms with Crippen LogP contribution < -0.4 is 5.32 Å². The van der Waals surface area contributed by atoms with Gasteiger partial charge in [0.1, 0.15) is 83.1 Å². The van der Waals surface area contributed by atoms with Gasteiger partial charge in [-0.3, -0.25) is 57.5 Å². The fraction of sp³-hybridized carbons (Fsp3) is 0.641. The fourth-order valence-corrected chi connectivity index (χ4v) is 27.6. The summed E-state index contributed by atoms with van der Waals surface area (Å²) in [6, 6.07) is 0. The van der Waals surface area contributed by atoms with Crippen LogP contribution in [0.4, 0.5) is 0 Å². The number of methoxy groups -OCH3 is 4. The molecule has 0 amide bonds. The molecule has 0 spiro atoms. The minimum Gasteiger partial charge on any atom is -0.504 e. The lowest BCUT2D eigenvalue weighted by Gasteiger charge is -2.62. The SMILES string of the molecule is CCN(C=C1C(=O)O[C@H](COC)[C@@]2(C)C1=C(O)C(=O)C1=C2[C@H](O)C[C@]2(C)C(=O)CC[C@@H]12)CC.CCNCC.COC[C@H]1OC(=O)C2=COC3C(=O)C4C([C@H](CC(C)=O)C[C@]5(C)C(=O)CC[C@@H]45)[C@]1(C)C23.COC[C@H]1OC(=O)c2coc3c2[C@@]1(C)C1=C(C3=O)[C@@H]2CCC(=O)[C@@]2(C)C[C@H]1O.COC[C@H]1OC(=O)c2coc3c2[C@@]1(C)C1=C(C3=O)[C@@H]2CCC(=O)[C@@]2(C)C[C@H]1OC(=O)CCC(=O)O.O=C1CCC(=O)O1. The van der Waals surface area contributed by atoms with Gasteiger partial charge in [-0.1, -0.05) is 48.5 Å². The van der Waals surface area contributed by atoms with E-state index in [4.69, 9.17) is 61.3 Å². The molecular formula is C103H126N2O34. The van der Waals surface area contributed by atoms with E-state index in [1.807, 2.05) is 39.5 Å². The molecule has 6 aliphatic heterocycles. The van der Waals surface area contributed by atoms with E-state index < -0.39 is 187 Å². The molecule has 2 aromatic rings. The summed E-state index contributed by atoms with van der Waals surface area (Å²) in [6.07, 6.45) is 3.64. The highest BCUT2D eigenvalue weighted by atomic mass is 16.6. The fourth-order valence-electron chi connectivity index (χ4n) is 27.6. The quantitative estimate of drug-likeness (QED) is 0.0378. The maximum absolute atomic E-state index is 13.9. The number of carboxylic acid groups (broad SMARTS) is 1. The predicted molar refractivity (Wildman–Crippen MR) is 482 cm³/mol. The van der Waals surface area contributed by atoms with Gasteiger partial charge < -0.3 is 96.4 Å². The van der Waals surface area contributed by atoms with E-state index in [9.17, 15) is 96.8 Å². The van der Waals surface area contributed by atoms with Crippen molar-refractivity contribution in [3.63, 3.8) is 0 Å². The number of hydrogen-bond acceptors (Lipinski definition) is 35. The first-order chi connectivity index (χ1) is 65.7. The van der Waals surface area contributed by atoms with Gasteiger partial charge in [-0.05, 0) is 134 Å². The first-order valence-electron chi connectivity index (χ1n) is 48.2. The maximum atomic E-state index is 13.9. The highest BCUT2D eigenvalue weighted by molar-refractivity contribution is 6.17. The number of aliphatic carboxylic acids is 1. The summed E-state index contributed by atoms with van der Waals surface area (Å²) in [6.45, 7) is 28.3. The average molecular weight is 1940 g/mol. The molecule has 2 aromatic heterocycles. The molecule has 36 heteroatoms. The third-order valence-electron chi connectivity index (χ3n) is 34.3. The number of furan rings is 2. The second-order valence-electron chi connectivity index (χ2n) is 41.6. The van der Waals surface area contributed by atoms with E-state index in [-0.39, 0.29) is 169 Å². The minimum atomic E-state index is -1.18. The van der Waals surface area contributed by atoms with Crippen LogP contribution in [0.15, 0.2) is 89.7 Å². The van der Waals surface area contributed by atoms with Crippen molar-refractivity contribution in [1.29, 1.82) is 0 Å². The zero-order valence-electron chi connectivity index (χ0n) is 81.7. The van der Waals surface area contributed by atoms with Crippen LogP contribution in [0, 0.1) is 79.8 Å². The number of rotatable bonds is 19. The van der Waals surface area contributed by atoms with Crippen LogP contribution in [0.2, 0.25) is 0 Å². The number of aliphatic hydroxyl groups is 3. The van der Waals surface area contributed by atoms with Crippen LogP contribution >= 0.6 is 0 Å². The molecule has 9 fully saturated rings. The van der Waals surface area contributed by atoms with Gasteiger partial charge in [-0.25, -0.2) is 19.2 Å². The molecule has 752 valence electrons. The molecule has 8 heterocycles. The van der Waals surface area contributed by atoms with E-state index >= 15 is 0 Å². The first-order valence-corrected chi connectivity index (χ1v) is 48.2. The van der Waals surface area contributed by atoms with E-state index in [2.05, 4.69) is 30.8 Å². The lowest BCUT2D eigenvalue weighted by Crippen LogP contribution is -2.69. The molecule has 3 saturated heterocycles. The summed E-state index contributed by atoms with van der Waals surface area (Å²) >= 11 is 0. The number of allylic oxidation sites excluding steroid dienone is 3. The molecule has 0 aromatic carbocycles. The lowest BCUT2D eigenvalue weighted by atomic mass is 9.41. The standard InChI is InChI=1S/C25H33NO7.C25H26O10.C24H30O7.C21H22O7.C4H11N.C4H4O3/c1-6-26(7-2)11-13-19-22(30)21(29)18-14-8-9-16(28)24(14,3)10-15(27)20(18)25(19,4)17(12-32-5)33-23(13)31;1-24-8-13(34-17(29)7-6-16(27)28)20-18(12(24)4-5-14(24)26)21(30)22-19-11(9-33-22)23(31)35-15(10-32-3)25(19,20)2;1-11(25)7-12-8-23(2)14(5-6-15(23)26)17-18(12)24(3)16(10-29-4)31-22(28)13-9-30-21(19(13)24)20(17)27;1-20-6-11(22)16-14(10(20)4-5-12(20)23)17(24)18-15-9(7-27-18)19(25)28-13(8-26-3)21(15,16)2;1-3-5-4-2;5-3-1-2-4(6)7-3/h11,14-15,17,27,30H,6-10,12H2,1-5H3;9,12-13,15H,4-8,10H2,1-3H3,(H,27,28);9,12,14,16-19,21H,5-8,10H2,1-4H3;7,10-11,13,22H,4-6,8H2,1-3H3;5H,3-4H2,1-2H3;1-2H2/t14-,15+,17+,24-,25-;12-,13+,15+,24-,25-;12-,14+,16-,17?,18?,19?,21?,23+,24-;10-,11+,13+,20-,21-;;/m0010../s1. The van der Waals surface area contributed by atoms with Gasteiger partial charge in [-0.2, -0.15) is 0 Å². The second-order valence-corrected chi connectivity index (χ2v) is 41.6. The Balaban J connectivity index is 0.000000135. The number of ketones is 9. The second kappa shape index (κ2) is 38.2. The van der Waals surface area contributed by atoms with Crippen LogP contribution in [0.1, 0.15) is 252 Å². The molecule has 4 unspecified atom stereocenters. The van der Waals surface area contributed by atoms with E-state index in [0.29, 0.717) is 121 Å². The number of nitrogens with zero attached hydrogens (tertiary/aromatic N) is 1. The summed E-state index contributed by atoms with van der Waals surface area (Å²) in [5, 5.41) is 45.9. The van der Waals surface area contributed by atoms with Gasteiger partial charge >= 0.3 is 47.8 Å². The van der Waals surface area contributed by atoms with E-state index in [1.165, 1.54) is 40.1 Å². The topological polar surface area (TPSA) is 514 Å². The zero-order chi connectivity index (χ0) is 101. The monoisotopic (exact) mass is 1930 g/mol. The molecule has 6 saturated carbocycles. The molecule has 18 aliphatic rings. The number of ether oxygens (including phenoxy) is 11. The van der Waals surface area contributed by atoms with Crippen LogP contribution in [0.25, 0.3) is 0 Å². The Morgan fingerprint density at radius 3 is 1.42 bits per heavy atom. The Morgan fingerprint density at radius 2 is 0.964 bits per heavy atom. The highest BCUT2D eigenvalue weighted by Gasteiger charge is 2.75. The van der Waals surface area contributed by atoms with Crippen molar-refractivity contribution < 1.29 is 163 Å². The largest absolute Gasteiger partial charge is 0.504 e. The van der Waals surface area contributed by atoms with Crippen molar-refractivity contribution in [3.05, 3.63) is 115 Å². The normalized spacial score (nSPS) is 36.9. The molecule has 0 radical (unpaired) electrons. The molecule has 0 bridgehead atoms. The van der Waals surface area contributed by atoms with Gasteiger partial charge in [0.25, 0.3) is 0 Å². The molecule has 5 N–H and O–H groups in total. The summed E-state index contributed by atoms with van der Waals surface area (Å²) in [4.78, 5) is 215. The van der Waals surface area contributed by atoms with Crippen molar-refractivity contribution >= 4 is 99.8 Å². The number of fused-ring (bicyclic) bond motifs is 14. The molecule has 36 nitrogen and oxygen atoms in total. The van der Waals surface area contributed by atoms with Crippen LogP contribution in [-0.4, -0.2) is 255 Å². The summed E-state index contributed by atoms with van der Waals surface area (Å²) < 4.78 is 71.4. The number of aliphatic hydroxyl groups excluding tert-OH is 3. The molecular weight excluding hydrogens is 1810 g/mol. The number of esters is 7. The number of hydrogen-bond donors (Lipinski definition) is 5. The predicted octanol–water partition coefficient (Wildman–Crippen LogP) is 9.31. The first kappa shape index (κ1) is 102. The maximum Gasteiger partial charge on any atom is 0.342 e. The number of carbonyl (C=O) groups excluding carboxylic acids is 16. The Morgan fingerprint density at radius 1 is 0.525 bits per heavy atom. The van der Waals surface area contributed by atoms with Gasteiger partial charge in [0.15, 0.2) is 29.2 Å². The third-order valence-corrected chi connectivity index (χ3v) is 34.3. The summed E-state index contributed by atoms with van der Waals surface area (Å²) in [5.74, 6) is -8.74. The van der Waals surface area contributed by atoms with Gasteiger partial charge in [-0.15, -0.1) is 0 Å². The Kier molecular flexibility index (Phi) is 28.2. The summed E-state index contributed by atoms with van der Waals surface area (Å²) in [7, 11) is 6.02. The van der Waals surface area contributed by atoms with Crippen molar-refractivity contribution in [1.82, 2.24) is 10.2 Å². The molecule has 24 atom stereocenters. The molecule has 20 rings (SSSR count). The summed E-state index contributed by atoms with van der Waals surface area (Å²) in [5.41, 5.74) is -2.55. The van der Waals surface area contributed by atoms with Gasteiger partial charge in [0.2, 0.25) is 17.3 Å². The highest BCUT2D eigenvalue weighted by Crippen LogP contribution is 2.71. The van der Waals surface area contributed by atoms with Crippen molar-refractivity contribution in [2.75, 3.05) is 81.0 Å². The number of nitrogens with one attached hydrogen (secondary N) is 1. The number of carbonyl (C=O) groups is 17. The Hall–Kier alpha value is -10.9. The van der Waals surface area contributed by atoms with Crippen LogP contribution in [0.5, 0.6) is 0 Å². The average Bonchev–Trinajstić information content (AvgIpc) is 1.63. The third kappa shape index (κ3) is 16.0. The van der Waals surface area contributed by atoms with Crippen LogP contribution in [0.3, 0.4) is 0 Å². The number of carboxylic acids is 1. The number of Topliss-reactive ketones (excluding diaryl/α,β-unsaturated/α-hetero) is 9. The van der Waals surface area contributed by atoms with E-state index in [0.717, 1.165) is 13.1 Å². The Labute approximate surface area is 803 Å². The van der Waals surface area contributed by atoms with Gasteiger partial charge in [0.05, 0.1) is 98.0 Å². The van der Waals surface area contributed by atoms with Gasteiger partial charge in [0, 0.05) is 176 Å². The molecule has 139 heavy (non-hydrogen) atoms.